The quantitative estimate of drug-likeness (QED) is 0.846. The minimum Gasteiger partial charge on any atom is -0.342 e. The summed E-state index contributed by atoms with van der Waals surface area (Å²) < 4.78 is 0. The lowest BCUT2D eigenvalue weighted by Gasteiger charge is -2.34. The van der Waals surface area contributed by atoms with Crippen LogP contribution < -0.4 is 5.73 Å². The summed E-state index contributed by atoms with van der Waals surface area (Å²) in [6.07, 6.45) is 2.58. The van der Waals surface area contributed by atoms with E-state index in [0.29, 0.717) is 26.2 Å². The van der Waals surface area contributed by atoms with E-state index < -0.39 is 0 Å². The van der Waals surface area contributed by atoms with Gasteiger partial charge in [-0.15, -0.1) is 12.4 Å². The molecule has 1 aliphatic rings. The van der Waals surface area contributed by atoms with Gasteiger partial charge in [-0.05, 0) is 24.8 Å². The van der Waals surface area contributed by atoms with E-state index in [4.69, 9.17) is 5.73 Å². The fourth-order valence-corrected chi connectivity index (χ4v) is 3.12. The van der Waals surface area contributed by atoms with E-state index in [1.165, 1.54) is 5.56 Å². The Morgan fingerprint density at radius 3 is 2.58 bits per heavy atom. The first kappa shape index (κ1) is 20.5. The molecule has 0 aliphatic carbocycles. The Hall–Kier alpha value is -1.59. The number of hydrogen-bond donors (Lipinski definition) is 1. The van der Waals surface area contributed by atoms with Gasteiger partial charge in [0, 0.05) is 39.6 Å². The highest BCUT2D eigenvalue weighted by Gasteiger charge is 2.29. The number of nitrogens with two attached hydrogens (primary N) is 1. The highest BCUT2D eigenvalue weighted by Crippen LogP contribution is 2.19. The molecule has 1 aliphatic heterocycles. The van der Waals surface area contributed by atoms with E-state index in [1.54, 1.807) is 11.8 Å². The van der Waals surface area contributed by atoms with Gasteiger partial charge in [-0.3, -0.25) is 9.59 Å². The van der Waals surface area contributed by atoms with Crippen molar-refractivity contribution in [2.45, 2.75) is 26.2 Å². The summed E-state index contributed by atoms with van der Waals surface area (Å²) in [6.45, 7) is 4.59. The zero-order valence-electron chi connectivity index (χ0n) is 14.3. The summed E-state index contributed by atoms with van der Waals surface area (Å²) in [5, 5.41) is 0. The Balaban J connectivity index is 0.00000288. The van der Waals surface area contributed by atoms with Gasteiger partial charge in [0.2, 0.25) is 11.8 Å². The van der Waals surface area contributed by atoms with Crippen molar-refractivity contribution in [1.29, 1.82) is 0 Å². The first-order valence-electron chi connectivity index (χ1n) is 8.40. The minimum atomic E-state index is -0.0880. The molecule has 1 unspecified atom stereocenters. The van der Waals surface area contributed by atoms with Crippen molar-refractivity contribution in [3.8, 4) is 0 Å². The number of halogens is 1. The van der Waals surface area contributed by atoms with Crippen molar-refractivity contribution in [1.82, 2.24) is 9.80 Å². The fourth-order valence-electron chi connectivity index (χ4n) is 3.12. The topological polar surface area (TPSA) is 66.6 Å². The maximum Gasteiger partial charge on any atom is 0.227 e. The molecule has 0 aromatic heterocycles. The first-order chi connectivity index (χ1) is 11.1. The third-order valence-electron chi connectivity index (χ3n) is 4.44. The van der Waals surface area contributed by atoms with Crippen LogP contribution in [0.1, 0.15) is 25.3 Å². The second-order valence-corrected chi connectivity index (χ2v) is 6.15. The van der Waals surface area contributed by atoms with Crippen molar-refractivity contribution in [2.75, 3.05) is 32.7 Å². The average molecular weight is 354 g/mol. The van der Waals surface area contributed by atoms with E-state index in [0.717, 1.165) is 25.8 Å². The molecule has 2 N–H and O–H groups in total. The van der Waals surface area contributed by atoms with Gasteiger partial charge in [-0.2, -0.15) is 0 Å². The summed E-state index contributed by atoms with van der Waals surface area (Å²) in [5.41, 5.74) is 6.90. The smallest absolute Gasteiger partial charge is 0.227 e. The van der Waals surface area contributed by atoms with E-state index in [2.05, 4.69) is 12.1 Å². The molecule has 1 aromatic carbocycles. The Bertz CT molecular complexity index is 524. The molecular weight excluding hydrogens is 326 g/mol. The van der Waals surface area contributed by atoms with Crippen molar-refractivity contribution in [3.63, 3.8) is 0 Å². The van der Waals surface area contributed by atoms with Crippen LogP contribution in [0, 0.1) is 5.92 Å². The number of nitrogens with zero attached hydrogens (tertiary/aromatic N) is 2. The van der Waals surface area contributed by atoms with Crippen LogP contribution in [0.4, 0.5) is 0 Å². The SMILES string of the molecule is CC(=O)N1CCCC(C(=O)N(CCN)CCc2ccccc2)C1.Cl. The Morgan fingerprint density at radius 1 is 1.25 bits per heavy atom. The molecule has 5 nitrogen and oxygen atoms in total. The molecule has 24 heavy (non-hydrogen) atoms. The molecule has 1 atom stereocenters. The monoisotopic (exact) mass is 353 g/mol. The van der Waals surface area contributed by atoms with Crippen molar-refractivity contribution >= 4 is 24.2 Å². The minimum absolute atomic E-state index is 0. The molecule has 6 heteroatoms. The second kappa shape index (κ2) is 10.3. The molecular formula is C18H28ClN3O2. The summed E-state index contributed by atoms with van der Waals surface area (Å²) >= 11 is 0. The van der Waals surface area contributed by atoms with Crippen LogP contribution in [-0.2, 0) is 16.0 Å². The van der Waals surface area contributed by atoms with Gasteiger partial charge in [0.15, 0.2) is 0 Å². The highest BCUT2D eigenvalue weighted by molar-refractivity contribution is 5.85. The van der Waals surface area contributed by atoms with Crippen LogP contribution in [0.25, 0.3) is 0 Å². The number of rotatable bonds is 6. The molecule has 1 saturated heterocycles. The normalized spacial score (nSPS) is 17.1. The van der Waals surface area contributed by atoms with Crippen LogP contribution >= 0.6 is 12.4 Å². The number of benzene rings is 1. The maximum absolute atomic E-state index is 12.8. The Labute approximate surface area is 150 Å². The third kappa shape index (κ3) is 5.80. The molecule has 1 heterocycles. The lowest BCUT2D eigenvalue weighted by Crippen LogP contribution is -2.47. The number of carbonyl (C=O) groups excluding carboxylic acids is 2. The number of likely N-dealkylation sites (tertiary alicyclic amines) is 1. The standard InChI is InChI=1S/C18H27N3O2.ClH/c1-15(22)21-11-5-8-17(14-21)18(23)20(13-10-19)12-9-16-6-3-2-4-7-16;/h2-4,6-7,17H,5,8-14,19H2,1H3;1H. The Morgan fingerprint density at radius 2 is 1.96 bits per heavy atom. The lowest BCUT2D eigenvalue weighted by molar-refractivity contribution is -0.140. The maximum atomic E-state index is 12.8. The highest BCUT2D eigenvalue weighted by atomic mass is 35.5. The zero-order valence-corrected chi connectivity index (χ0v) is 15.1. The van der Waals surface area contributed by atoms with Gasteiger partial charge in [0.1, 0.15) is 0 Å². The molecule has 0 saturated carbocycles. The molecule has 0 bridgehead atoms. The number of hydrogen-bond acceptors (Lipinski definition) is 3. The Kier molecular flexibility index (Phi) is 8.79. The summed E-state index contributed by atoms with van der Waals surface area (Å²) in [4.78, 5) is 28.0. The van der Waals surface area contributed by atoms with Crippen LogP contribution in [0.3, 0.4) is 0 Å². The van der Waals surface area contributed by atoms with Gasteiger partial charge in [0.05, 0.1) is 5.92 Å². The summed E-state index contributed by atoms with van der Waals surface area (Å²) in [6, 6.07) is 10.2. The molecule has 134 valence electrons. The van der Waals surface area contributed by atoms with E-state index in [9.17, 15) is 9.59 Å². The molecule has 2 amide bonds. The molecule has 1 aromatic rings. The van der Waals surface area contributed by atoms with Gasteiger partial charge in [-0.1, -0.05) is 30.3 Å². The largest absolute Gasteiger partial charge is 0.342 e. The van der Waals surface area contributed by atoms with Crippen LogP contribution in [0.2, 0.25) is 0 Å². The summed E-state index contributed by atoms with van der Waals surface area (Å²) in [5.74, 6) is 0.101. The molecule has 1 fully saturated rings. The number of carbonyl (C=O) groups is 2. The van der Waals surface area contributed by atoms with Crippen LogP contribution in [-0.4, -0.2) is 54.3 Å². The van der Waals surface area contributed by atoms with Crippen molar-refractivity contribution in [3.05, 3.63) is 35.9 Å². The average Bonchev–Trinajstić information content (AvgIpc) is 2.59. The molecule has 0 radical (unpaired) electrons. The van der Waals surface area contributed by atoms with Gasteiger partial charge >= 0.3 is 0 Å². The first-order valence-corrected chi connectivity index (χ1v) is 8.40. The summed E-state index contributed by atoms with van der Waals surface area (Å²) in [7, 11) is 0. The zero-order chi connectivity index (χ0) is 16.7. The molecule has 2 rings (SSSR count). The fraction of sp³-hybridized carbons (Fsp3) is 0.556. The van der Waals surface area contributed by atoms with Crippen molar-refractivity contribution in [2.24, 2.45) is 11.7 Å². The predicted octanol–water partition coefficient (Wildman–Crippen LogP) is 1.70. The van der Waals surface area contributed by atoms with Gasteiger partial charge < -0.3 is 15.5 Å². The number of piperidine rings is 1. The predicted molar refractivity (Wildman–Crippen MR) is 98.0 cm³/mol. The van der Waals surface area contributed by atoms with Crippen LogP contribution in [0.5, 0.6) is 0 Å². The number of amides is 2. The van der Waals surface area contributed by atoms with Crippen molar-refractivity contribution < 1.29 is 9.59 Å². The van der Waals surface area contributed by atoms with E-state index >= 15 is 0 Å². The lowest BCUT2D eigenvalue weighted by atomic mass is 9.96. The van der Waals surface area contributed by atoms with Crippen LogP contribution in [0.15, 0.2) is 30.3 Å². The van der Waals surface area contributed by atoms with E-state index in [1.807, 2.05) is 23.1 Å². The van der Waals surface area contributed by atoms with E-state index in [-0.39, 0.29) is 30.1 Å². The second-order valence-electron chi connectivity index (χ2n) is 6.15. The van der Waals surface area contributed by atoms with Gasteiger partial charge in [0.25, 0.3) is 0 Å². The van der Waals surface area contributed by atoms with Gasteiger partial charge in [-0.25, -0.2) is 0 Å². The molecule has 0 spiro atoms. The third-order valence-corrected chi connectivity index (χ3v) is 4.44.